The lowest BCUT2D eigenvalue weighted by Crippen LogP contribution is -2.20. The maximum Gasteiger partial charge on any atom is 0.250 e. The van der Waals surface area contributed by atoms with E-state index in [9.17, 15) is 4.79 Å². The van der Waals surface area contributed by atoms with Gasteiger partial charge in [-0.2, -0.15) is 5.10 Å². The van der Waals surface area contributed by atoms with Crippen LogP contribution in [-0.2, 0) is 4.79 Å². The molecule has 4 rings (SSSR count). The van der Waals surface area contributed by atoms with Gasteiger partial charge >= 0.3 is 0 Å². The second-order valence-electron chi connectivity index (χ2n) is 7.54. The Kier molecular flexibility index (Phi) is 7.79. The standard InChI is InChI=1S/C26H25N5O3S/c1-18-9-11-19(12-10-18)16-27-28-24(32)17-35-26-30-29-25(31(26)21-7-5-4-6-8-21)20-13-14-22(33-2)23(15-20)34-3/h4-16H,17H2,1-3H3,(H,28,32)/b27-16-. The Morgan fingerprint density at radius 2 is 1.74 bits per heavy atom. The average molecular weight is 488 g/mol. The Morgan fingerprint density at radius 1 is 1.00 bits per heavy atom. The molecule has 0 unspecified atom stereocenters. The van der Waals surface area contributed by atoms with Gasteiger partial charge in [-0.15, -0.1) is 10.2 Å². The molecule has 4 aromatic rings. The van der Waals surface area contributed by atoms with Crippen LogP contribution in [0.4, 0.5) is 0 Å². The number of aromatic nitrogens is 3. The maximum absolute atomic E-state index is 12.4. The largest absolute Gasteiger partial charge is 0.493 e. The summed E-state index contributed by atoms with van der Waals surface area (Å²) in [6, 6.07) is 23.2. The number of para-hydroxylation sites is 1. The molecule has 0 spiro atoms. The molecule has 0 aliphatic carbocycles. The van der Waals surface area contributed by atoms with Crippen LogP contribution in [0.5, 0.6) is 11.5 Å². The van der Waals surface area contributed by atoms with Crippen molar-refractivity contribution in [3.63, 3.8) is 0 Å². The lowest BCUT2D eigenvalue weighted by Gasteiger charge is -2.12. The summed E-state index contributed by atoms with van der Waals surface area (Å²) in [5.41, 5.74) is 6.32. The minimum atomic E-state index is -0.242. The van der Waals surface area contributed by atoms with E-state index in [0.717, 1.165) is 22.4 Å². The van der Waals surface area contributed by atoms with Crippen LogP contribution in [0.15, 0.2) is 83.1 Å². The number of nitrogens with zero attached hydrogens (tertiary/aromatic N) is 4. The molecule has 0 radical (unpaired) electrons. The van der Waals surface area contributed by atoms with Crippen LogP contribution in [0, 0.1) is 6.92 Å². The monoisotopic (exact) mass is 487 g/mol. The van der Waals surface area contributed by atoms with Gasteiger partial charge in [0.1, 0.15) is 0 Å². The number of aryl methyl sites for hydroxylation is 1. The molecule has 0 saturated heterocycles. The molecule has 178 valence electrons. The molecule has 1 amide bonds. The lowest BCUT2D eigenvalue weighted by atomic mass is 10.2. The van der Waals surface area contributed by atoms with Gasteiger partial charge in [-0.05, 0) is 42.8 Å². The van der Waals surface area contributed by atoms with Gasteiger partial charge in [-0.25, -0.2) is 5.43 Å². The fraction of sp³-hybridized carbons (Fsp3) is 0.154. The highest BCUT2D eigenvalue weighted by molar-refractivity contribution is 7.99. The van der Waals surface area contributed by atoms with Crippen LogP contribution in [0.3, 0.4) is 0 Å². The second-order valence-corrected chi connectivity index (χ2v) is 8.48. The highest BCUT2D eigenvalue weighted by Crippen LogP contribution is 2.34. The van der Waals surface area contributed by atoms with Crippen molar-refractivity contribution in [3.8, 4) is 28.6 Å². The number of carbonyl (C=O) groups excluding carboxylic acids is 1. The SMILES string of the molecule is COc1ccc(-c2nnc(SCC(=O)N/N=C\c3ccc(C)cc3)n2-c2ccccc2)cc1OC. The van der Waals surface area contributed by atoms with E-state index in [-0.39, 0.29) is 11.7 Å². The molecule has 3 aromatic carbocycles. The number of nitrogens with one attached hydrogen (secondary N) is 1. The molecule has 8 nitrogen and oxygen atoms in total. The summed E-state index contributed by atoms with van der Waals surface area (Å²) >= 11 is 1.28. The van der Waals surface area contributed by atoms with Crippen molar-refractivity contribution in [3.05, 3.63) is 83.9 Å². The van der Waals surface area contributed by atoms with E-state index in [1.54, 1.807) is 20.4 Å². The Morgan fingerprint density at radius 3 is 2.46 bits per heavy atom. The number of ether oxygens (including phenoxy) is 2. The van der Waals surface area contributed by atoms with Crippen LogP contribution in [-0.4, -0.2) is 46.9 Å². The van der Waals surface area contributed by atoms with Crippen molar-refractivity contribution < 1.29 is 14.3 Å². The van der Waals surface area contributed by atoms with Crippen LogP contribution in [0.2, 0.25) is 0 Å². The van der Waals surface area contributed by atoms with Gasteiger partial charge in [-0.1, -0.05) is 59.8 Å². The normalized spacial score (nSPS) is 10.9. The first-order chi connectivity index (χ1) is 17.1. The van der Waals surface area contributed by atoms with Gasteiger partial charge in [0.2, 0.25) is 0 Å². The molecule has 9 heteroatoms. The summed E-state index contributed by atoms with van der Waals surface area (Å²) in [5.74, 6) is 1.72. The van der Waals surface area contributed by atoms with Gasteiger partial charge in [0.05, 0.1) is 26.2 Å². The van der Waals surface area contributed by atoms with Crippen molar-refractivity contribution in [1.82, 2.24) is 20.2 Å². The van der Waals surface area contributed by atoms with E-state index in [2.05, 4.69) is 20.7 Å². The molecule has 0 bridgehead atoms. The van der Waals surface area contributed by atoms with Crippen molar-refractivity contribution in [2.45, 2.75) is 12.1 Å². The summed E-state index contributed by atoms with van der Waals surface area (Å²) in [5, 5.41) is 13.4. The number of carbonyl (C=O) groups is 1. The number of hydrazone groups is 1. The number of rotatable bonds is 9. The summed E-state index contributed by atoms with van der Waals surface area (Å²) < 4.78 is 12.7. The number of methoxy groups -OCH3 is 2. The summed E-state index contributed by atoms with van der Waals surface area (Å²) in [6.07, 6.45) is 1.61. The summed E-state index contributed by atoms with van der Waals surface area (Å²) in [4.78, 5) is 12.4. The molecular formula is C26H25N5O3S. The first kappa shape index (κ1) is 24.0. The first-order valence-electron chi connectivity index (χ1n) is 10.8. The first-order valence-corrected chi connectivity index (χ1v) is 11.8. The Balaban J connectivity index is 1.54. The summed E-state index contributed by atoms with van der Waals surface area (Å²) in [7, 11) is 3.18. The zero-order chi connectivity index (χ0) is 24.6. The van der Waals surface area contributed by atoms with Crippen LogP contribution < -0.4 is 14.9 Å². The van der Waals surface area contributed by atoms with Gasteiger partial charge in [0.25, 0.3) is 5.91 Å². The third kappa shape index (κ3) is 5.88. The molecule has 1 heterocycles. The minimum Gasteiger partial charge on any atom is -0.493 e. The van der Waals surface area contributed by atoms with Gasteiger partial charge in [-0.3, -0.25) is 9.36 Å². The molecule has 35 heavy (non-hydrogen) atoms. The third-order valence-corrected chi connectivity index (χ3v) is 6.03. The van der Waals surface area contributed by atoms with Crippen molar-refractivity contribution in [2.75, 3.05) is 20.0 Å². The molecule has 0 atom stereocenters. The van der Waals surface area contributed by atoms with E-state index in [1.807, 2.05) is 84.3 Å². The highest BCUT2D eigenvalue weighted by Gasteiger charge is 2.18. The zero-order valence-corrected chi connectivity index (χ0v) is 20.5. The topological polar surface area (TPSA) is 90.6 Å². The molecule has 1 N–H and O–H groups in total. The van der Waals surface area contributed by atoms with Crippen molar-refractivity contribution >= 4 is 23.9 Å². The molecule has 0 fully saturated rings. The zero-order valence-electron chi connectivity index (χ0n) is 19.6. The fourth-order valence-electron chi connectivity index (χ4n) is 3.33. The predicted molar refractivity (Wildman–Crippen MR) is 138 cm³/mol. The van der Waals surface area contributed by atoms with Crippen molar-refractivity contribution in [1.29, 1.82) is 0 Å². The lowest BCUT2D eigenvalue weighted by molar-refractivity contribution is -0.118. The quantitative estimate of drug-likeness (QED) is 0.212. The highest BCUT2D eigenvalue weighted by atomic mass is 32.2. The second kappa shape index (κ2) is 11.3. The summed E-state index contributed by atoms with van der Waals surface area (Å²) in [6.45, 7) is 2.02. The van der Waals surface area contributed by atoms with Gasteiger partial charge in [0.15, 0.2) is 22.5 Å². The Hall–Kier alpha value is -4.11. The fourth-order valence-corrected chi connectivity index (χ4v) is 4.07. The van der Waals surface area contributed by atoms with Crippen LogP contribution in [0.25, 0.3) is 17.1 Å². The number of hydrogen-bond acceptors (Lipinski definition) is 7. The average Bonchev–Trinajstić information content (AvgIpc) is 3.32. The van der Waals surface area contributed by atoms with E-state index >= 15 is 0 Å². The van der Waals surface area contributed by atoms with E-state index in [1.165, 1.54) is 11.8 Å². The smallest absolute Gasteiger partial charge is 0.250 e. The third-order valence-electron chi connectivity index (χ3n) is 5.10. The van der Waals surface area contributed by atoms with E-state index in [4.69, 9.17) is 9.47 Å². The Labute approximate surface area is 208 Å². The molecular weight excluding hydrogens is 462 g/mol. The number of amides is 1. The number of thioether (sulfide) groups is 1. The van der Waals surface area contributed by atoms with Crippen molar-refractivity contribution in [2.24, 2.45) is 5.10 Å². The van der Waals surface area contributed by atoms with E-state index in [0.29, 0.717) is 22.5 Å². The molecule has 0 aliphatic rings. The molecule has 1 aromatic heterocycles. The van der Waals surface area contributed by atoms with Gasteiger partial charge < -0.3 is 9.47 Å². The number of benzene rings is 3. The van der Waals surface area contributed by atoms with Crippen LogP contribution >= 0.6 is 11.8 Å². The predicted octanol–water partition coefficient (Wildman–Crippen LogP) is 4.50. The number of hydrogen-bond donors (Lipinski definition) is 1. The minimum absolute atomic E-state index is 0.127. The van der Waals surface area contributed by atoms with Crippen LogP contribution in [0.1, 0.15) is 11.1 Å². The van der Waals surface area contributed by atoms with Gasteiger partial charge in [0, 0.05) is 11.3 Å². The van der Waals surface area contributed by atoms with E-state index < -0.39 is 0 Å². The molecule has 0 aliphatic heterocycles. The maximum atomic E-state index is 12.4. The molecule has 0 saturated carbocycles. The Bertz CT molecular complexity index is 1320.